The first kappa shape index (κ1) is 14.9. The van der Waals surface area contributed by atoms with Crippen molar-refractivity contribution in [3.05, 3.63) is 59.1 Å². The second-order valence-corrected chi connectivity index (χ2v) is 4.96. The van der Waals surface area contributed by atoms with Crippen molar-refractivity contribution in [2.24, 2.45) is 0 Å². The van der Waals surface area contributed by atoms with Gasteiger partial charge in [0.25, 0.3) is 0 Å². The van der Waals surface area contributed by atoms with Crippen LogP contribution in [0.25, 0.3) is 0 Å². The zero-order valence-corrected chi connectivity index (χ0v) is 12.2. The Bertz CT molecular complexity index is 677. The Hall–Kier alpha value is -2.51. The molecule has 0 aliphatic heterocycles. The van der Waals surface area contributed by atoms with E-state index in [1.807, 2.05) is 6.07 Å². The summed E-state index contributed by atoms with van der Waals surface area (Å²) < 4.78 is 0. The second kappa shape index (κ2) is 6.78. The topological polar surface area (TPSA) is 64.9 Å². The van der Waals surface area contributed by atoms with Gasteiger partial charge in [-0.2, -0.15) is 5.26 Å². The number of hydrogen-bond acceptors (Lipinski definition) is 3. The van der Waals surface area contributed by atoms with Crippen molar-refractivity contribution in [2.75, 3.05) is 10.6 Å². The van der Waals surface area contributed by atoms with Gasteiger partial charge in [0, 0.05) is 10.7 Å². The number of nitriles is 1. The van der Waals surface area contributed by atoms with E-state index in [2.05, 4.69) is 10.6 Å². The Morgan fingerprint density at radius 3 is 2.52 bits per heavy atom. The molecule has 1 atom stereocenters. The van der Waals surface area contributed by atoms with Crippen LogP contribution in [0.2, 0.25) is 5.02 Å². The lowest BCUT2D eigenvalue weighted by atomic mass is 10.2. The smallest absolute Gasteiger partial charge is 0.246 e. The molecule has 0 unspecified atom stereocenters. The Morgan fingerprint density at radius 1 is 1.19 bits per heavy atom. The molecule has 106 valence electrons. The number of para-hydroxylation sites is 1. The average Bonchev–Trinajstić information content (AvgIpc) is 2.50. The first-order valence-corrected chi connectivity index (χ1v) is 6.80. The number of nitrogens with one attached hydrogen (secondary N) is 2. The Kier molecular flexibility index (Phi) is 4.81. The van der Waals surface area contributed by atoms with Gasteiger partial charge in [0.2, 0.25) is 5.91 Å². The molecule has 5 heteroatoms. The van der Waals surface area contributed by atoms with Crippen LogP contribution >= 0.6 is 11.6 Å². The van der Waals surface area contributed by atoms with E-state index in [0.717, 1.165) is 5.69 Å². The normalized spacial score (nSPS) is 11.3. The highest BCUT2D eigenvalue weighted by atomic mass is 35.5. The lowest BCUT2D eigenvalue weighted by Crippen LogP contribution is -2.32. The van der Waals surface area contributed by atoms with Crippen molar-refractivity contribution < 1.29 is 4.79 Å². The zero-order chi connectivity index (χ0) is 15.2. The summed E-state index contributed by atoms with van der Waals surface area (Å²) in [6.45, 7) is 1.75. The molecule has 0 radical (unpaired) electrons. The molecule has 2 rings (SSSR count). The highest BCUT2D eigenvalue weighted by molar-refractivity contribution is 6.30. The van der Waals surface area contributed by atoms with Crippen LogP contribution in [0, 0.1) is 11.3 Å². The van der Waals surface area contributed by atoms with Crippen molar-refractivity contribution in [1.29, 1.82) is 5.26 Å². The van der Waals surface area contributed by atoms with Gasteiger partial charge in [-0.3, -0.25) is 4.79 Å². The maximum atomic E-state index is 12.1. The van der Waals surface area contributed by atoms with Crippen LogP contribution in [0.4, 0.5) is 11.4 Å². The number of anilines is 2. The molecule has 0 aliphatic carbocycles. The summed E-state index contributed by atoms with van der Waals surface area (Å²) in [7, 11) is 0. The third-order valence-corrected chi connectivity index (χ3v) is 3.18. The van der Waals surface area contributed by atoms with Gasteiger partial charge in [-0.25, -0.2) is 0 Å². The number of carbonyl (C=O) groups is 1. The number of rotatable bonds is 4. The molecule has 2 aromatic rings. The van der Waals surface area contributed by atoms with Crippen LogP contribution < -0.4 is 10.6 Å². The lowest BCUT2D eigenvalue weighted by Gasteiger charge is -2.15. The lowest BCUT2D eigenvalue weighted by molar-refractivity contribution is -0.116. The predicted octanol–water partition coefficient (Wildman–Crippen LogP) is 3.65. The minimum Gasteiger partial charge on any atom is -0.374 e. The molecule has 2 N–H and O–H groups in total. The molecular formula is C16H14ClN3O. The van der Waals surface area contributed by atoms with Gasteiger partial charge in [-0.15, -0.1) is 0 Å². The van der Waals surface area contributed by atoms with Gasteiger partial charge in [0.05, 0.1) is 11.3 Å². The van der Waals surface area contributed by atoms with Gasteiger partial charge in [-0.05, 0) is 43.3 Å². The Labute approximate surface area is 128 Å². The molecule has 21 heavy (non-hydrogen) atoms. The van der Waals surface area contributed by atoms with Crippen molar-refractivity contribution in [3.63, 3.8) is 0 Å². The summed E-state index contributed by atoms with van der Waals surface area (Å²) >= 11 is 5.81. The van der Waals surface area contributed by atoms with Crippen LogP contribution in [0.5, 0.6) is 0 Å². The number of halogens is 1. The van der Waals surface area contributed by atoms with E-state index in [1.165, 1.54) is 0 Å². The van der Waals surface area contributed by atoms with Crippen LogP contribution in [-0.4, -0.2) is 11.9 Å². The van der Waals surface area contributed by atoms with Crippen molar-refractivity contribution >= 4 is 28.9 Å². The van der Waals surface area contributed by atoms with Crippen molar-refractivity contribution in [2.45, 2.75) is 13.0 Å². The molecule has 1 amide bonds. The minimum absolute atomic E-state index is 0.215. The van der Waals surface area contributed by atoms with Crippen LogP contribution in [-0.2, 0) is 4.79 Å². The molecule has 0 saturated heterocycles. The highest BCUT2D eigenvalue weighted by Crippen LogP contribution is 2.16. The fraction of sp³-hybridized carbons (Fsp3) is 0.125. The van der Waals surface area contributed by atoms with E-state index in [-0.39, 0.29) is 5.91 Å². The summed E-state index contributed by atoms with van der Waals surface area (Å²) in [6, 6.07) is 15.6. The molecule has 2 aromatic carbocycles. The molecule has 4 nitrogen and oxygen atoms in total. The minimum atomic E-state index is -0.446. The quantitative estimate of drug-likeness (QED) is 0.905. The van der Waals surface area contributed by atoms with Gasteiger partial charge in [-0.1, -0.05) is 23.7 Å². The fourth-order valence-corrected chi connectivity index (χ4v) is 1.92. The molecule has 0 aromatic heterocycles. The summed E-state index contributed by atoms with van der Waals surface area (Å²) in [6.07, 6.45) is 0. The maximum absolute atomic E-state index is 12.1. The molecule has 0 spiro atoms. The molecule has 0 fully saturated rings. The Morgan fingerprint density at radius 2 is 1.86 bits per heavy atom. The van der Waals surface area contributed by atoms with Gasteiger partial charge in [0.15, 0.2) is 0 Å². The largest absolute Gasteiger partial charge is 0.374 e. The summed E-state index contributed by atoms with van der Waals surface area (Å²) in [4.78, 5) is 12.1. The second-order valence-electron chi connectivity index (χ2n) is 4.52. The molecule has 0 bridgehead atoms. The standard InChI is InChI=1S/C16H14ClN3O/c1-11(19-14-8-6-13(17)7-9-14)16(21)20-15-5-3-2-4-12(15)10-18/h2-9,11,19H,1H3,(H,20,21)/t11-/m1/s1. The van der Waals surface area contributed by atoms with E-state index < -0.39 is 6.04 Å². The van der Waals surface area contributed by atoms with E-state index in [1.54, 1.807) is 55.5 Å². The first-order chi connectivity index (χ1) is 10.1. The van der Waals surface area contributed by atoms with Gasteiger partial charge >= 0.3 is 0 Å². The molecule has 0 aliphatic rings. The Balaban J connectivity index is 2.03. The average molecular weight is 300 g/mol. The number of nitrogens with zero attached hydrogens (tertiary/aromatic N) is 1. The number of amides is 1. The van der Waals surface area contributed by atoms with Crippen LogP contribution in [0.3, 0.4) is 0 Å². The molecule has 0 heterocycles. The van der Waals surface area contributed by atoms with Crippen molar-refractivity contribution in [1.82, 2.24) is 0 Å². The third-order valence-electron chi connectivity index (χ3n) is 2.93. The SMILES string of the molecule is C[C@@H](Nc1ccc(Cl)cc1)C(=O)Nc1ccccc1C#N. The summed E-state index contributed by atoms with van der Waals surface area (Å²) in [5.74, 6) is -0.215. The monoisotopic (exact) mass is 299 g/mol. The predicted molar refractivity (Wildman–Crippen MR) is 84.3 cm³/mol. The fourth-order valence-electron chi connectivity index (χ4n) is 1.79. The summed E-state index contributed by atoms with van der Waals surface area (Å²) in [5.41, 5.74) is 1.75. The van der Waals surface area contributed by atoms with E-state index in [0.29, 0.717) is 16.3 Å². The molecular weight excluding hydrogens is 286 g/mol. The number of benzene rings is 2. The maximum Gasteiger partial charge on any atom is 0.246 e. The molecule has 0 saturated carbocycles. The van der Waals surface area contributed by atoms with E-state index >= 15 is 0 Å². The summed E-state index contributed by atoms with van der Waals surface area (Å²) in [5, 5.41) is 15.5. The van der Waals surface area contributed by atoms with Crippen LogP contribution in [0.15, 0.2) is 48.5 Å². The van der Waals surface area contributed by atoms with E-state index in [4.69, 9.17) is 16.9 Å². The third kappa shape index (κ3) is 3.98. The highest BCUT2D eigenvalue weighted by Gasteiger charge is 2.14. The van der Waals surface area contributed by atoms with E-state index in [9.17, 15) is 4.79 Å². The zero-order valence-electron chi connectivity index (χ0n) is 11.4. The first-order valence-electron chi connectivity index (χ1n) is 6.42. The van der Waals surface area contributed by atoms with Gasteiger partial charge in [0.1, 0.15) is 12.1 Å². The van der Waals surface area contributed by atoms with Crippen molar-refractivity contribution in [3.8, 4) is 6.07 Å². The van der Waals surface area contributed by atoms with Gasteiger partial charge < -0.3 is 10.6 Å². The number of carbonyl (C=O) groups excluding carboxylic acids is 1. The number of hydrogen-bond donors (Lipinski definition) is 2. The van der Waals surface area contributed by atoms with Crippen LogP contribution in [0.1, 0.15) is 12.5 Å².